The van der Waals surface area contributed by atoms with Crippen LogP contribution in [0.5, 0.6) is 0 Å². The smallest absolute Gasteiger partial charge is 0.251 e. The van der Waals surface area contributed by atoms with E-state index in [4.69, 9.17) is 5.73 Å². The summed E-state index contributed by atoms with van der Waals surface area (Å²) in [5, 5.41) is 2.90. The Kier molecular flexibility index (Phi) is 5.35. The lowest BCUT2D eigenvalue weighted by molar-refractivity contribution is 0.0937. The lowest BCUT2D eigenvalue weighted by Crippen LogP contribution is -2.39. The molecule has 0 aliphatic rings. The molecule has 0 aliphatic heterocycles. The SMILES string of the molecule is CCC(CN)NC(=O)c1ccc(SC)cc1. The van der Waals surface area contributed by atoms with Crippen LogP contribution < -0.4 is 11.1 Å². The Labute approximate surface area is 101 Å². The topological polar surface area (TPSA) is 55.1 Å². The van der Waals surface area contributed by atoms with Gasteiger partial charge in [-0.1, -0.05) is 6.92 Å². The average molecular weight is 238 g/mol. The van der Waals surface area contributed by atoms with Crippen molar-refractivity contribution in [3.05, 3.63) is 29.8 Å². The van der Waals surface area contributed by atoms with Crippen LogP contribution in [-0.2, 0) is 0 Å². The maximum Gasteiger partial charge on any atom is 0.251 e. The second kappa shape index (κ2) is 6.55. The number of nitrogens with one attached hydrogen (secondary N) is 1. The Hall–Kier alpha value is -1.00. The summed E-state index contributed by atoms with van der Waals surface area (Å²) in [5.41, 5.74) is 6.22. The summed E-state index contributed by atoms with van der Waals surface area (Å²) in [5.74, 6) is -0.0510. The predicted octanol–water partition coefficient (Wildman–Crippen LogP) is 1.88. The molecule has 0 aromatic heterocycles. The van der Waals surface area contributed by atoms with Crippen LogP contribution in [0.15, 0.2) is 29.2 Å². The number of amides is 1. The number of nitrogens with two attached hydrogens (primary N) is 1. The molecule has 4 heteroatoms. The van der Waals surface area contributed by atoms with Gasteiger partial charge in [0.2, 0.25) is 0 Å². The van der Waals surface area contributed by atoms with Crippen LogP contribution in [0.2, 0.25) is 0 Å². The molecule has 1 aromatic carbocycles. The molecule has 0 fully saturated rings. The van der Waals surface area contributed by atoms with E-state index in [9.17, 15) is 4.79 Å². The Morgan fingerprint density at radius 2 is 2.06 bits per heavy atom. The molecule has 0 aliphatic carbocycles. The zero-order valence-corrected chi connectivity index (χ0v) is 10.5. The molecule has 16 heavy (non-hydrogen) atoms. The zero-order chi connectivity index (χ0) is 12.0. The minimum Gasteiger partial charge on any atom is -0.348 e. The lowest BCUT2D eigenvalue weighted by Gasteiger charge is -2.14. The van der Waals surface area contributed by atoms with E-state index in [1.807, 2.05) is 37.4 Å². The van der Waals surface area contributed by atoms with Crippen LogP contribution in [0.1, 0.15) is 23.7 Å². The van der Waals surface area contributed by atoms with Gasteiger partial charge >= 0.3 is 0 Å². The maximum absolute atomic E-state index is 11.8. The molecule has 1 amide bonds. The fourth-order valence-electron chi connectivity index (χ4n) is 1.34. The van der Waals surface area contributed by atoms with Crippen LogP contribution >= 0.6 is 11.8 Å². The number of carbonyl (C=O) groups is 1. The summed E-state index contributed by atoms with van der Waals surface area (Å²) in [6.07, 6.45) is 2.86. The summed E-state index contributed by atoms with van der Waals surface area (Å²) in [4.78, 5) is 13.0. The Morgan fingerprint density at radius 3 is 2.50 bits per heavy atom. The van der Waals surface area contributed by atoms with Crippen molar-refractivity contribution in [1.82, 2.24) is 5.32 Å². The molecule has 3 N–H and O–H groups in total. The van der Waals surface area contributed by atoms with Gasteiger partial charge in [-0.15, -0.1) is 11.8 Å². The van der Waals surface area contributed by atoms with E-state index in [0.717, 1.165) is 11.3 Å². The van der Waals surface area contributed by atoms with Gasteiger partial charge < -0.3 is 11.1 Å². The van der Waals surface area contributed by atoms with Gasteiger partial charge in [0, 0.05) is 23.0 Å². The number of hydrogen-bond donors (Lipinski definition) is 2. The minimum absolute atomic E-state index is 0.0510. The van der Waals surface area contributed by atoms with E-state index in [0.29, 0.717) is 12.1 Å². The molecule has 1 unspecified atom stereocenters. The van der Waals surface area contributed by atoms with Crippen molar-refractivity contribution < 1.29 is 4.79 Å². The highest BCUT2D eigenvalue weighted by Gasteiger charge is 2.10. The summed E-state index contributed by atoms with van der Waals surface area (Å²) in [6.45, 7) is 2.49. The van der Waals surface area contributed by atoms with Crippen LogP contribution in [0.25, 0.3) is 0 Å². The first-order chi connectivity index (χ1) is 7.71. The van der Waals surface area contributed by atoms with E-state index in [2.05, 4.69) is 5.32 Å². The number of thioether (sulfide) groups is 1. The van der Waals surface area contributed by atoms with Crippen LogP contribution in [-0.4, -0.2) is 24.7 Å². The largest absolute Gasteiger partial charge is 0.348 e. The van der Waals surface area contributed by atoms with Crippen molar-refractivity contribution in [3.63, 3.8) is 0 Å². The zero-order valence-electron chi connectivity index (χ0n) is 9.69. The van der Waals surface area contributed by atoms with Crippen LogP contribution in [0.3, 0.4) is 0 Å². The third-order valence-electron chi connectivity index (χ3n) is 2.46. The average Bonchev–Trinajstić information content (AvgIpc) is 2.35. The fraction of sp³-hybridized carbons (Fsp3) is 0.417. The van der Waals surface area contributed by atoms with Gasteiger partial charge in [0.05, 0.1) is 0 Å². The number of rotatable bonds is 5. The van der Waals surface area contributed by atoms with E-state index in [-0.39, 0.29) is 11.9 Å². The highest BCUT2D eigenvalue weighted by Crippen LogP contribution is 2.14. The molecule has 1 rings (SSSR count). The Morgan fingerprint density at radius 1 is 1.44 bits per heavy atom. The van der Waals surface area contributed by atoms with E-state index in [1.54, 1.807) is 11.8 Å². The summed E-state index contributed by atoms with van der Waals surface area (Å²) < 4.78 is 0. The first-order valence-corrected chi connectivity index (χ1v) is 6.58. The minimum atomic E-state index is -0.0510. The van der Waals surface area contributed by atoms with Gasteiger partial charge in [0.15, 0.2) is 0 Å². The van der Waals surface area contributed by atoms with Crippen molar-refractivity contribution in [2.75, 3.05) is 12.8 Å². The molecule has 0 spiro atoms. The van der Waals surface area contributed by atoms with Crippen molar-refractivity contribution in [2.45, 2.75) is 24.3 Å². The molecule has 0 saturated heterocycles. The summed E-state index contributed by atoms with van der Waals surface area (Å²) in [7, 11) is 0. The molecule has 3 nitrogen and oxygen atoms in total. The van der Waals surface area contributed by atoms with Gasteiger partial charge in [-0.25, -0.2) is 0 Å². The number of hydrogen-bond acceptors (Lipinski definition) is 3. The van der Waals surface area contributed by atoms with E-state index in [1.165, 1.54) is 0 Å². The molecule has 88 valence electrons. The summed E-state index contributed by atoms with van der Waals surface area (Å²) in [6, 6.07) is 7.63. The first kappa shape index (κ1) is 13.1. The van der Waals surface area contributed by atoms with E-state index >= 15 is 0 Å². The highest BCUT2D eigenvalue weighted by atomic mass is 32.2. The normalized spacial score (nSPS) is 12.2. The second-order valence-electron chi connectivity index (χ2n) is 3.54. The quantitative estimate of drug-likeness (QED) is 0.770. The van der Waals surface area contributed by atoms with Gasteiger partial charge in [-0.2, -0.15) is 0 Å². The van der Waals surface area contributed by atoms with Gasteiger partial charge in [-0.3, -0.25) is 4.79 Å². The number of carbonyl (C=O) groups excluding carboxylic acids is 1. The first-order valence-electron chi connectivity index (χ1n) is 5.36. The molecule has 0 radical (unpaired) electrons. The Balaban J connectivity index is 2.65. The highest BCUT2D eigenvalue weighted by molar-refractivity contribution is 7.98. The number of benzene rings is 1. The van der Waals surface area contributed by atoms with Crippen molar-refractivity contribution in [2.24, 2.45) is 5.73 Å². The molecule has 1 atom stereocenters. The summed E-state index contributed by atoms with van der Waals surface area (Å²) >= 11 is 1.66. The van der Waals surface area contributed by atoms with Gasteiger partial charge in [0.1, 0.15) is 0 Å². The van der Waals surface area contributed by atoms with Crippen LogP contribution in [0, 0.1) is 0 Å². The third-order valence-corrected chi connectivity index (χ3v) is 3.21. The van der Waals surface area contributed by atoms with Gasteiger partial charge in [0.25, 0.3) is 5.91 Å². The van der Waals surface area contributed by atoms with Crippen LogP contribution in [0.4, 0.5) is 0 Å². The second-order valence-corrected chi connectivity index (χ2v) is 4.42. The predicted molar refractivity (Wildman–Crippen MR) is 68.8 cm³/mol. The maximum atomic E-state index is 11.8. The van der Waals surface area contributed by atoms with Crippen molar-refractivity contribution in [1.29, 1.82) is 0 Å². The van der Waals surface area contributed by atoms with Crippen molar-refractivity contribution in [3.8, 4) is 0 Å². The van der Waals surface area contributed by atoms with Crippen molar-refractivity contribution >= 4 is 17.7 Å². The molecule has 0 bridgehead atoms. The standard InChI is InChI=1S/C12H18N2OS/c1-3-10(8-13)14-12(15)9-4-6-11(16-2)7-5-9/h4-7,10H,3,8,13H2,1-2H3,(H,14,15). The van der Waals surface area contributed by atoms with Gasteiger partial charge in [-0.05, 0) is 36.9 Å². The van der Waals surface area contributed by atoms with E-state index < -0.39 is 0 Å². The molecule has 1 aromatic rings. The lowest BCUT2D eigenvalue weighted by atomic mass is 10.1. The molecule has 0 saturated carbocycles. The molecule has 0 heterocycles. The Bertz CT molecular complexity index is 333. The third kappa shape index (κ3) is 3.54. The fourth-order valence-corrected chi connectivity index (χ4v) is 1.75. The molecular weight excluding hydrogens is 220 g/mol. The monoisotopic (exact) mass is 238 g/mol. The molecular formula is C12H18N2OS.